The van der Waals surface area contributed by atoms with Crippen LogP contribution in [0.1, 0.15) is 22.9 Å². The van der Waals surface area contributed by atoms with Crippen LogP contribution in [0.5, 0.6) is 0 Å². The van der Waals surface area contributed by atoms with Crippen LogP contribution in [0, 0.1) is 6.92 Å². The molecular formula is C18H19N3O3S. The zero-order valence-electron chi connectivity index (χ0n) is 13.7. The molecule has 2 heterocycles. The number of hydrogen-bond acceptors (Lipinski definition) is 4. The van der Waals surface area contributed by atoms with Crippen molar-refractivity contribution in [2.24, 2.45) is 0 Å². The van der Waals surface area contributed by atoms with E-state index >= 15 is 0 Å². The molecule has 0 amide bonds. The third-order valence-corrected chi connectivity index (χ3v) is 4.77. The van der Waals surface area contributed by atoms with E-state index in [1.54, 1.807) is 47.6 Å². The molecule has 130 valence electrons. The van der Waals surface area contributed by atoms with Crippen LogP contribution in [0.2, 0.25) is 0 Å². The fourth-order valence-corrected chi connectivity index (χ4v) is 3.18. The van der Waals surface area contributed by atoms with Crippen LogP contribution < -0.4 is 4.72 Å². The Kier molecular flexibility index (Phi) is 5.16. The molecule has 2 aromatic heterocycles. The molecule has 6 nitrogen and oxygen atoms in total. The minimum Gasteiger partial charge on any atom is -0.467 e. The highest BCUT2D eigenvalue weighted by atomic mass is 32.2. The maximum absolute atomic E-state index is 12.3. The summed E-state index contributed by atoms with van der Waals surface area (Å²) in [6.45, 7) is 2.12. The van der Waals surface area contributed by atoms with Gasteiger partial charge in [-0.1, -0.05) is 29.8 Å². The van der Waals surface area contributed by atoms with Gasteiger partial charge in [0.25, 0.3) is 0 Å². The minimum atomic E-state index is -3.58. The molecule has 0 fully saturated rings. The van der Waals surface area contributed by atoms with Gasteiger partial charge in [-0.3, -0.25) is 4.68 Å². The molecule has 0 aliphatic rings. The molecule has 1 atom stereocenters. The van der Waals surface area contributed by atoms with E-state index in [9.17, 15) is 8.42 Å². The van der Waals surface area contributed by atoms with Crippen molar-refractivity contribution in [3.05, 3.63) is 83.4 Å². The van der Waals surface area contributed by atoms with Gasteiger partial charge in [-0.15, -0.1) is 0 Å². The number of aryl methyl sites for hydroxylation is 1. The Bertz CT molecular complexity index is 878. The van der Waals surface area contributed by atoms with Crippen LogP contribution >= 0.6 is 0 Å². The molecule has 0 radical (unpaired) electrons. The Morgan fingerprint density at radius 3 is 2.68 bits per heavy atom. The molecule has 3 rings (SSSR count). The fraction of sp³-hybridized carbons (Fsp3) is 0.167. The summed E-state index contributed by atoms with van der Waals surface area (Å²) in [6, 6.07) is 12.6. The van der Waals surface area contributed by atoms with Gasteiger partial charge in [-0.25, -0.2) is 13.1 Å². The molecule has 0 aliphatic heterocycles. The fourth-order valence-electron chi connectivity index (χ4n) is 2.36. The van der Waals surface area contributed by atoms with Gasteiger partial charge >= 0.3 is 0 Å². The summed E-state index contributed by atoms with van der Waals surface area (Å²) < 4.78 is 34.2. The number of sulfonamides is 1. The highest BCUT2D eigenvalue weighted by Crippen LogP contribution is 2.17. The van der Waals surface area contributed by atoms with Crippen molar-refractivity contribution in [2.75, 3.05) is 6.54 Å². The van der Waals surface area contributed by atoms with Crippen LogP contribution in [0.25, 0.3) is 6.08 Å². The number of benzene rings is 1. The maximum Gasteiger partial charge on any atom is 0.233 e. The lowest BCUT2D eigenvalue weighted by Gasteiger charge is -2.15. The molecule has 3 aromatic rings. The smallest absolute Gasteiger partial charge is 0.233 e. The highest BCUT2D eigenvalue weighted by Gasteiger charge is 2.19. The molecule has 1 unspecified atom stereocenters. The van der Waals surface area contributed by atoms with Crippen molar-refractivity contribution < 1.29 is 12.8 Å². The third-order valence-electron chi connectivity index (χ3n) is 3.71. The van der Waals surface area contributed by atoms with Crippen molar-refractivity contribution in [3.8, 4) is 0 Å². The van der Waals surface area contributed by atoms with Gasteiger partial charge in [-0.05, 0) is 36.8 Å². The molecule has 0 spiro atoms. The first-order valence-electron chi connectivity index (χ1n) is 7.80. The van der Waals surface area contributed by atoms with Crippen LogP contribution in [-0.4, -0.2) is 24.7 Å². The molecule has 0 aliphatic carbocycles. The van der Waals surface area contributed by atoms with E-state index in [1.165, 1.54) is 5.41 Å². The summed E-state index contributed by atoms with van der Waals surface area (Å²) in [4.78, 5) is 0. The molecule has 7 heteroatoms. The lowest BCUT2D eigenvalue weighted by Crippen LogP contribution is -2.30. The molecule has 0 saturated heterocycles. The van der Waals surface area contributed by atoms with Crippen molar-refractivity contribution in [3.63, 3.8) is 0 Å². The van der Waals surface area contributed by atoms with Crippen LogP contribution in [-0.2, 0) is 10.0 Å². The van der Waals surface area contributed by atoms with E-state index in [1.807, 2.05) is 31.2 Å². The zero-order valence-corrected chi connectivity index (χ0v) is 14.6. The predicted octanol–water partition coefficient (Wildman–Crippen LogP) is 2.96. The molecule has 0 bridgehead atoms. The van der Waals surface area contributed by atoms with Gasteiger partial charge in [-0.2, -0.15) is 5.10 Å². The largest absolute Gasteiger partial charge is 0.467 e. The first-order chi connectivity index (χ1) is 12.0. The van der Waals surface area contributed by atoms with Gasteiger partial charge < -0.3 is 4.42 Å². The number of furan rings is 1. The quantitative estimate of drug-likeness (QED) is 0.705. The molecule has 25 heavy (non-hydrogen) atoms. The topological polar surface area (TPSA) is 77.1 Å². The summed E-state index contributed by atoms with van der Waals surface area (Å²) >= 11 is 0. The van der Waals surface area contributed by atoms with Crippen LogP contribution in [0.3, 0.4) is 0 Å². The predicted molar refractivity (Wildman–Crippen MR) is 96.2 cm³/mol. The molecule has 0 saturated carbocycles. The summed E-state index contributed by atoms with van der Waals surface area (Å²) in [7, 11) is -3.58. The Morgan fingerprint density at radius 1 is 1.24 bits per heavy atom. The second-order valence-electron chi connectivity index (χ2n) is 5.62. The van der Waals surface area contributed by atoms with Crippen LogP contribution in [0.15, 0.2) is 70.9 Å². The Morgan fingerprint density at radius 2 is 2.04 bits per heavy atom. The molecule has 1 aromatic carbocycles. The van der Waals surface area contributed by atoms with Gasteiger partial charge in [0, 0.05) is 24.3 Å². The van der Waals surface area contributed by atoms with E-state index in [4.69, 9.17) is 4.42 Å². The summed E-state index contributed by atoms with van der Waals surface area (Å²) in [5.74, 6) is 0.633. The summed E-state index contributed by atoms with van der Waals surface area (Å²) in [6.07, 6.45) is 6.53. The third kappa shape index (κ3) is 4.68. The molecule has 1 N–H and O–H groups in total. The van der Waals surface area contributed by atoms with Crippen molar-refractivity contribution >= 4 is 16.1 Å². The van der Waals surface area contributed by atoms with Crippen molar-refractivity contribution in [2.45, 2.75) is 13.0 Å². The van der Waals surface area contributed by atoms with Gasteiger partial charge in [0.1, 0.15) is 11.8 Å². The first kappa shape index (κ1) is 17.2. The van der Waals surface area contributed by atoms with E-state index < -0.39 is 10.0 Å². The summed E-state index contributed by atoms with van der Waals surface area (Å²) in [5, 5.41) is 5.35. The standard InChI is InChI=1S/C18H19N3O3S/c1-15-5-7-16(8-6-15)9-13-25(22,23)20-14-17(18-4-2-12-24-18)21-11-3-10-19-21/h2-13,17,20H,14H2,1H3/b13-9+. The van der Waals surface area contributed by atoms with Crippen molar-refractivity contribution in [1.29, 1.82) is 0 Å². The molecular weight excluding hydrogens is 338 g/mol. The van der Waals surface area contributed by atoms with E-state index in [0.717, 1.165) is 11.1 Å². The highest BCUT2D eigenvalue weighted by molar-refractivity contribution is 7.92. The number of rotatable bonds is 7. The lowest BCUT2D eigenvalue weighted by molar-refractivity contribution is 0.403. The first-order valence-corrected chi connectivity index (χ1v) is 9.35. The van der Waals surface area contributed by atoms with E-state index in [-0.39, 0.29) is 12.6 Å². The normalized spacial score (nSPS) is 13.3. The van der Waals surface area contributed by atoms with Gasteiger partial charge in [0.15, 0.2) is 0 Å². The SMILES string of the molecule is Cc1ccc(/C=C/S(=O)(=O)NCC(c2ccco2)n2cccn2)cc1. The van der Waals surface area contributed by atoms with Crippen LogP contribution in [0.4, 0.5) is 0 Å². The number of aromatic nitrogens is 2. The van der Waals surface area contributed by atoms with E-state index in [2.05, 4.69) is 9.82 Å². The second-order valence-corrected chi connectivity index (χ2v) is 7.28. The Balaban J connectivity index is 1.70. The second kappa shape index (κ2) is 7.50. The number of nitrogens with one attached hydrogen (secondary N) is 1. The minimum absolute atomic E-state index is 0.135. The van der Waals surface area contributed by atoms with Crippen molar-refractivity contribution in [1.82, 2.24) is 14.5 Å². The monoisotopic (exact) mass is 357 g/mol. The zero-order chi connectivity index (χ0) is 17.7. The number of hydrogen-bond donors (Lipinski definition) is 1. The van der Waals surface area contributed by atoms with Gasteiger partial charge in [0.05, 0.1) is 6.26 Å². The number of nitrogens with zero attached hydrogens (tertiary/aromatic N) is 2. The Labute approximate surface area is 146 Å². The lowest BCUT2D eigenvalue weighted by atomic mass is 10.2. The Hall–Kier alpha value is -2.64. The average molecular weight is 357 g/mol. The summed E-state index contributed by atoms with van der Waals surface area (Å²) in [5.41, 5.74) is 1.95. The maximum atomic E-state index is 12.3. The van der Waals surface area contributed by atoms with E-state index in [0.29, 0.717) is 5.76 Å². The average Bonchev–Trinajstić information content (AvgIpc) is 3.29. The van der Waals surface area contributed by atoms with Gasteiger partial charge in [0.2, 0.25) is 10.0 Å².